The lowest BCUT2D eigenvalue weighted by atomic mass is 10.2. The molecule has 0 fully saturated rings. The molecule has 1 amide bonds. The lowest BCUT2D eigenvalue weighted by Crippen LogP contribution is -2.43. The van der Waals surface area contributed by atoms with Gasteiger partial charge < -0.3 is 14.8 Å². The Balaban J connectivity index is 2.66. The van der Waals surface area contributed by atoms with Gasteiger partial charge in [-0.2, -0.15) is 0 Å². The summed E-state index contributed by atoms with van der Waals surface area (Å²) in [4.78, 5) is 25.3. The Morgan fingerprint density at radius 3 is 2.46 bits per heavy atom. The number of benzene rings is 1. The summed E-state index contributed by atoms with van der Waals surface area (Å²) in [6.07, 6.45) is 2.73. The summed E-state index contributed by atoms with van der Waals surface area (Å²) >= 11 is 0. The van der Waals surface area contributed by atoms with Crippen molar-refractivity contribution in [3.63, 3.8) is 0 Å². The highest BCUT2D eigenvalue weighted by Crippen LogP contribution is 2.08. The summed E-state index contributed by atoms with van der Waals surface area (Å²) in [7, 11) is 1.35. The van der Waals surface area contributed by atoms with Gasteiger partial charge in [0.15, 0.2) is 0 Å². The third-order valence-electron chi connectivity index (χ3n) is 3.36. The number of hydrogen-bond donors (Lipinski definition) is 1. The largest absolute Gasteiger partial charge is 0.466 e. The number of ether oxygens (including phenoxy) is 2. The van der Waals surface area contributed by atoms with Gasteiger partial charge in [-0.15, -0.1) is 0 Å². The number of amides is 1. The van der Waals surface area contributed by atoms with Crippen molar-refractivity contribution in [3.8, 4) is 0 Å². The second kappa shape index (κ2) is 10.6. The number of rotatable bonds is 8. The van der Waals surface area contributed by atoms with Gasteiger partial charge in [-0.1, -0.05) is 36.4 Å². The van der Waals surface area contributed by atoms with Crippen molar-refractivity contribution >= 4 is 12.1 Å². The number of hydrogen-bond acceptors (Lipinski definition) is 5. The molecule has 0 radical (unpaired) electrons. The van der Waals surface area contributed by atoms with Crippen molar-refractivity contribution < 1.29 is 19.1 Å². The summed E-state index contributed by atoms with van der Waals surface area (Å²) in [6, 6.07) is 9.92. The Bertz CT molecular complexity index is 594. The van der Waals surface area contributed by atoms with E-state index in [4.69, 9.17) is 4.74 Å². The summed E-state index contributed by atoms with van der Waals surface area (Å²) in [6.45, 7) is 9.28. The molecule has 0 aliphatic rings. The molecule has 0 aromatic heterocycles. The second-order valence-corrected chi connectivity index (χ2v) is 7.15. The molecule has 144 valence electrons. The van der Waals surface area contributed by atoms with Crippen LogP contribution in [0.3, 0.4) is 0 Å². The molecular weight excluding hydrogens is 332 g/mol. The first-order valence-electron chi connectivity index (χ1n) is 8.70. The lowest BCUT2D eigenvalue weighted by molar-refractivity contribution is -0.134. The molecule has 0 saturated heterocycles. The SMILES string of the molecule is COC(=O)C=CCN(Cc1ccccc1)CC(C)NC(=O)OC(C)(C)C. The summed E-state index contributed by atoms with van der Waals surface area (Å²) in [5.41, 5.74) is 0.625. The summed E-state index contributed by atoms with van der Waals surface area (Å²) in [5.74, 6) is -0.385. The van der Waals surface area contributed by atoms with Crippen LogP contribution in [0.15, 0.2) is 42.5 Å². The molecule has 1 rings (SSSR count). The van der Waals surface area contributed by atoms with Crippen LogP contribution in [0.1, 0.15) is 33.3 Å². The van der Waals surface area contributed by atoms with Gasteiger partial charge in [0.25, 0.3) is 0 Å². The molecule has 0 bridgehead atoms. The normalized spacial score (nSPS) is 12.8. The van der Waals surface area contributed by atoms with Gasteiger partial charge in [-0.3, -0.25) is 4.90 Å². The molecule has 0 saturated carbocycles. The van der Waals surface area contributed by atoms with Crippen LogP contribution in [-0.4, -0.2) is 48.8 Å². The van der Waals surface area contributed by atoms with Gasteiger partial charge in [-0.25, -0.2) is 9.59 Å². The lowest BCUT2D eigenvalue weighted by Gasteiger charge is -2.26. The van der Waals surface area contributed by atoms with E-state index in [0.717, 1.165) is 5.56 Å². The molecule has 1 N–H and O–H groups in total. The Labute approximate surface area is 156 Å². The van der Waals surface area contributed by atoms with E-state index in [9.17, 15) is 9.59 Å². The van der Waals surface area contributed by atoms with Crippen LogP contribution in [-0.2, 0) is 20.8 Å². The minimum Gasteiger partial charge on any atom is -0.466 e. The number of carbonyl (C=O) groups is 2. The quantitative estimate of drug-likeness (QED) is 0.568. The molecule has 0 spiro atoms. The van der Waals surface area contributed by atoms with Crippen LogP contribution >= 0.6 is 0 Å². The van der Waals surface area contributed by atoms with E-state index < -0.39 is 11.7 Å². The summed E-state index contributed by atoms with van der Waals surface area (Å²) in [5, 5.41) is 2.84. The van der Waals surface area contributed by atoms with Gasteiger partial charge in [0.1, 0.15) is 5.60 Å². The van der Waals surface area contributed by atoms with E-state index in [1.807, 2.05) is 58.0 Å². The summed E-state index contributed by atoms with van der Waals surface area (Å²) < 4.78 is 9.90. The molecular formula is C20H30N2O4. The maximum atomic E-state index is 11.9. The molecule has 1 aromatic rings. The van der Waals surface area contributed by atoms with E-state index in [-0.39, 0.29) is 12.0 Å². The molecule has 6 nitrogen and oxygen atoms in total. The van der Waals surface area contributed by atoms with Crippen molar-refractivity contribution in [2.75, 3.05) is 20.2 Å². The highest BCUT2D eigenvalue weighted by molar-refractivity contribution is 5.81. The van der Waals surface area contributed by atoms with E-state index in [2.05, 4.69) is 15.0 Å². The highest BCUT2D eigenvalue weighted by atomic mass is 16.6. The Kier molecular flexibility index (Phi) is 8.85. The molecule has 0 heterocycles. The highest BCUT2D eigenvalue weighted by Gasteiger charge is 2.18. The standard InChI is InChI=1S/C20H30N2O4/c1-16(21-19(24)26-20(2,3)4)14-22(13-9-12-18(23)25-5)15-17-10-7-6-8-11-17/h6-12,16H,13-15H2,1-5H3,(H,21,24). The van der Waals surface area contributed by atoms with Crippen molar-refractivity contribution in [2.24, 2.45) is 0 Å². The predicted molar refractivity (Wildman–Crippen MR) is 102 cm³/mol. The van der Waals surface area contributed by atoms with E-state index in [1.165, 1.54) is 13.2 Å². The molecule has 26 heavy (non-hydrogen) atoms. The zero-order valence-corrected chi connectivity index (χ0v) is 16.3. The van der Waals surface area contributed by atoms with E-state index in [1.54, 1.807) is 6.08 Å². The maximum Gasteiger partial charge on any atom is 0.407 e. The van der Waals surface area contributed by atoms with E-state index in [0.29, 0.717) is 19.6 Å². The van der Waals surface area contributed by atoms with Crippen LogP contribution in [0, 0.1) is 0 Å². The smallest absolute Gasteiger partial charge is 0.407 e. The van der Waals surface area contributed by atoms with Crippen LogP contribution < -0.4 is 5.32 Å². The molecule has 0 aliphatic carbocycles. The predicted octanol–water partition coefficient (Wildman–Crippen LogP) is 3.13. The first kappa shape index (κ1) is 21.7. The molecule has 0 aliphatic heterocycles. The fraction of sp³-hybridized carbons (Fsp3) is 0.500. The Morgan fingerprint density at radius 2 is 1.88 bits per heavy atom. The fourth-order valence-corrected chi connectivity index (χ4v) is 2.35. The first-order valence-corrected chi connectivity index (χ1v) is 8.70. The molecule has 6 heteroatoms. The average Bonchev–Trinajstić information content (AvgIpc) is 2.53. The van der Waals surface area contributed by atoms with Gasteiger partial charge in [0, 0.05) is 31.8 Å². The van der Waals surface area contributed by atoms with Gasteiger partial charge in [0.2, 0.25) is 0 Å². The topological polar surface area (TPSA) is 67.9 Å². The Morgan fingerprint density at radius 1 is 1.23 bits per heavy atom. The number of methoxy groups -OCH3 is 1. The maximum absolute atomic E-state index is 11.9. The molecule has 1 atom stereocenters. The zero-order valence-electron chi connectivity index (χ0n) is 16.3. The van der Waals surface area contributed by atoms with Crippen molar-refractivity contribution in [2.45, 2.75) is 45.9 Å². The van der Waals surface area contributed by atoms with Crippen molar-refractivity contribution in [3.05, 3.63) is 48.0 Å². The van der Waals surface area contributed by atoms with Crippen LogP contribution in [0.2, 0.25) is 0 Å². The second-order valence-electron chi connectivity index (χ2n) is 7.15. The van der Waals surface area contributed by atoms with Gasteiger partial charge in [-0.05, 0) is 33.3 Å². The average molecular weight is 362 g/mol. The van der Waals surface area contributed by atoms with Crippen LogP contribution in [0.25, 0.3) is 0 Å². The number of alkyl carbamates (subject to hydrolysis) is 1. The first-order chi connectivity index (χ1) is 12.2. The molecule has 1 unspecified atom stereocenters. The fourth-order valence-electron chi connectivity index (χ4n) is 2.35. The van der Waals surface area contributed by atoms with Gasteiger partial charge >= 0.3 is 12.1 Å². The van der Waals surface area contributed by atoms with Crippen LogP contribution in [0.4, 0.5) is 4.79 Å². The van der Waals surface area contributed by atoms with E-state index >= 15 is 0 Å². The number of nitrogens with zero attached hydrogens (tertiary/aromatic N) is 1. The van der Waals surface area contributed by atoms with Crippen molar-refractivity contribution in [1.29, 1.82) is 0 Å². The Hall–Kier alpha value is -2.34. The van der Waals surface area contributed by atoms with Crippen LogP contribution in [0.5, 0.6) is 0 Å². The third-order valence-corrected chi connectivity index (χ3v) is 3.36. The molecule has 1 aromatic carbocycles. The number of nitrogens with one attached hydrogen (secondary N) is 1. The van der Waals surface area contributed by atoms with Crippen molar-refractivity contribution in [1.82, 2.24) is 10.2 Å². The minimum atomic E-state index is -0.531. The minimum absolute atomic E-state index is 0.111. The third kappa shape index (κ3) is 9.84. The van der Waals surface area contributed by atoms with Gasteiger partial charge in [0.05, 0.1) is 7.11 Å². The monoisotopic (exact) mass is 362 g/mol. The number of esters is 1. The number of carbonyl (C=O) groups excluding carboxylic acids is 2. The zero-order chi connectivity index (χ0) is 19.6.